The molecule has 1 N–H and O–H groups in total. The summed E-state index contributed by atoms with van der Waals surface area (Å²) < 4.78 is 7.09. The minimum atomic E-state index is -0.167. The van der Waals surface area contributed by atoms with Crippen molar-refractivity contribution in [2.24, 2.45) is 0 Å². The number of aromatic nitrogens is 3. The highest BCUT2D eigenvalue weighted by Crippen LogP contribution is 2.15. The number of likely N-dealkylation sites (N-methyl/N-ethyl adjacent to an activating group) is 1. The molecule has 0 bridgehead atoms. The fraction of sp³-hybridized carbons (Fsp3) is 0.182. The van der Waals surface area contributed by atoms with E-state index in [0.717, 1.165) is 5.69 Å². The summed E-state index contributed by atoms with van der Waals surface area (Å²) in [6.45, 7) is 0.00211. The van der Waals surface area contributed by atoms with Crippen LogP contribution in [0.2, 0.25) is 0 Å². The third-order valence-corrected chi connectivity index (χ3v) is 2.18. The first-order valence-electron chi connectivity index (χ1n) is 5.08. The Morgan fingerprint density at radius 1 is 1.41 bits per heavy atom. The van der Waals surface area contributed by atoms with Gasteiger partial charge in [-0.15, -0.1) is 10.2 Å². The molecule has 0 atom stereocenters. The minimum absolute atomic E-state index is 0.00211. The first-order valence-corrected chi connectivity index (χ1v) is 5.08. The van der Waals surface area contributed by atoms with Crippen LogP contribution in [0.15, 0.2) is 36.9 Å². The first-order chi connectivity index (χ1) is 8.29. The van der Waals surface area contributed by atoms with Gasteiger partial charge in [0.2, 0.25) is 0 Å². The average Bonchev–Trinajstić information content (AvgIpc) is 2.90. The summed E-state index contributed by atoms with van der Waals surface area (Å²) in [5, 5.41) is 9.94. The van der Waals surface area contributed by atoms with Gasteiger partial charge in [0.15, 0.2) is 6.61 Å². The molecular weight excluding hydrogens is 220 g/mol. The molecular formula is C11H12N4O2. The first kappa shape index (κ1) is 11.1. The Balaban J connectivity index is 2.09. The Hall–Kier alpha value is -2.37. The maximum atomic E-state index is 11.0. The minimum Gasteiger partial charge on any atom is -0.484 e. The molecule has 17 heavy (non-hydrogen) atoms. The van der Waals surface area contributed by atoms with Crippen LogP contribution in [-0.2, 0) is 4.79 Å². The van der Waals surface area contributed by atoms with E-state index in [1.807, 2.05) is 18.2 Å². The fourth-order valence-electron chi connectivity index (χ4n) is 1.29. The lowest BCUT2D eigenvalue weighted by atomic mass is 10.3. The van der Waals surface area contributed by atoms with Gasteiger partial charge in [0.1, 0.15) is 18.4 Å². The maximum absolute atomic E-state index is 11.0. The summed E-state index contributed by atoms with van der Waals surface area (Å²) in [4.78, 5) is 11.0. The zero-order valence-corrected chi connectivity index (χ0v) is 9.33. The van der Waals surface area contributed by atoms with Crippen molar-refractivity contribution in [2.45, 2.75) is 0 Å². The highest BCUT2D eigenvalue weighted by molar-refractivity contribution is 5.77. The molecule has 0 aliphatic rings. The predicted molar refractivity (Wildman–Crippen MR) is 60.9 cm³/mol. The number of hydrogen-bond donors (Lipinski definition) is 1. The molecule has 6 heteroatoms. The van der Waals surface area contributed by atoms with Gasteiger partial charge in [-0.25, -0.2) is 0 Å². The topological polar surface area (TPSA) is 69.0 Å². The van der Waals surface area contributed by atoms with Gasteiger partial charge in [-0.3, -0.25) is 9.36 Å². The van der Waals surface area contributed by atoms with Gasteiger partial charge >= 0.3 is 0 Å². The molecule has 2 aromatic rings. The number of nitrogens with one attached hydrogen (secondary N) is 1. The van der Waals surface area contributed by atoms with Crippen LogP contribution in [0.4, 0.5) is 0 Å². The highest BCUT2D eigenvalue weighted by Gasteiger charge is 2.02. The van der Waals surface area contributed by atoms with Crippen LogP contribution in [0.5, 0.6) is 5.75 Å². The van der Waals surface area contributed by atoms with E-state index in [-0.39, 0.29) is 12.5 Å². The summed E-state index contributed by atoms with van der Waals surface area (Å²) in [7, 11) is 1.57. The van der Waals surface area contributed by atoms with Gasteiger partial charge in [0.25, 0.3) is 5.91 Å². The molecule has 1 heterocycles. The largest absolute Gasteiger partial charge is 0.484 e. The molecule has 0 spiro atoms. The number of amides is 1. The van der Waals surface area contributed by atoms with Gasteiger partial charge in [0, 0.05) is 13.1 Å². The van der Waals surface area contributed by atoms with Crippen molar-refractivity contribution in [3.05, 3.63) is 36.9 Å². The second-order valence-electron chi connectivity index (χ2n) is 3.33. The lowest BCUT2D eigenvalue weighted by Gasteiger charge is -2.07. The SMILES string of the molecule is CNC(=O)COc1cccc(-n2cnnc2)c1. The Labute approximate surface area is 98.2 Å². The lowest BCUT2D eigenvalue weighted by molar-refractivity contribution is -0.122. The van der Waals surface area contributed by atoms with Gasteiger partial charge in [-0.2, -0.15) is 0 Å². The molecule has 0 saturated carbocycles. The van der Waals surface area contributed by atoms with Crippen LogP contribution in [0.1, 0.15) is 0 Å². The van der Waals surface area contributed by atoms with Crippen LogP contribution < -0.4 is 10.1 Å². The highest BCUT2D eigenvalue weighted by atomic mass is 16.5. The number of carbonyl (C=O) groups is 1. The molecule has 0 saturated heterocycles. The number of rotatable bonds is 4. The summed E-state index contributed by atoms with van der Waals surface area (Å²) in [5.41, 5.74) is 0.879. The van der Waals surface area contributed by atoms with E-state index in [2.05, 4.69) is 15.5 Å². The molecule has 0 unspecified atom stereocenters. The second-order valence-corrected chi connectivity index (χ2v) is 3.33. The van der Waals surface area contributed by atoms with Crippen molar-refractivity contribution in [1.29, 1.82) is 0 Å². The van der Waals surface area contributed by atoms with Crippen molar-refractivity contribution in [3.8, 4) is 11.4 Å². The van der Waals surface area contributed by atoms with Crippen molar-refractivity contribution in [3.63, 3.8) is 0 Å². The zero-order valence-electron chi connectivity index (χ0n) is 9.33. The normalized spacial score (nSPS) is 9.94. The number of ether oxygens (including phenoxy) is 1. The smallest absolute Gasteiger partial charge is 0.257 e. The molecule has 0 aliphatic heterocycles. The van der Waals surface area contributed by atoms with E-state index in [9.17, 15) is 4.79 Å². The number of hydrogen-bond acceptors (Lipinski definition) is 4. The van der Waals surface area contributed by atoms with Gasteiger partial charge in [0.05, 0.1) is 5.69 Å². The van der Waals surface area contributed by atoms with Crippen LogP contribution >= 0.6 is 0 Å². The van der Waals surface area contributed by atoms with E-state index >= 15 is 0 Å². The molecule has 6 nitrogen and oxygen atoms in total. The van der Waals surface area contributed by atoms with Crippen LogP contribution in [0.25, 0.3) is 5.69 Å². The maximum Gasteiger partial charge on any atom is 0.257 e. The number of benzene rings is 1. The molecule has 1 aromatic heterocycles. The Morgan fingerprint density at radius 2 is 2.18 bits per heavy atom. The quantitative estimate of drug-likeness (QED) is 0.828. The number of carbonyl (C=O) groups excluding carboxylic acids is 1. The summed E-state index contributed by atoms with van der Waals surface area (Å²) in [6, 6.07) is 7.34. The van der Waals surface area contributed by atoms with Crippen LogP contribution in [0.3, 0.4) is 0 Å². The summed E-state index contributed by atoms with van der Waals surface area (Å²) >= 11 is 0. The molecule has 0 aliphatic carbocycles. The summed E-state index contributed by atoms with van der Waals surface area (Å²) in [6.07, 6.45) is 3.19. The van der Waals surface area contributed by atoms with Crippen molar-refractivity contribution < 1.29 is 9.53 Å². The van der Waals surface area contributed by atoms with E-state index in [1.165, 1.54) is 0 Å². The zero-order chi connectivity index (χ0) is 12.1. The van der Waals surface area contributed by atoms with Crippen molar-refractivity contribution in [1.82, 2.24) is 20.1 Å². The van der Waals surface area contributed by atoms with Gasteiger partial charge in [-0.1, -0.05) is 6.07 Å². The molecule has 0 fully saturated rings. The molecule has 1 amide bonds. The monoisotopic (exact) mass is 232 g/mol. The number of nitrogens with zero attached hydrogens (tertiary/aromatic N) is 3. The third kappa shape index (κ3) is 2.81. The average molecular weight is 232 g/mol. The Morgan fingerprint density at radius 3 is 2.88 bits per heavy atom. The molecule has 0 radical (unpaired) electrons. The molecule has 1 aromatic carbocycles. The standard InChI is InChI=1S/C11H12N4O2/c1-12-11(16)6-17-10-4-2-3-9(5-10)15-7-13-14-8-15/h2-5,7-8H,6H2,1H3,(H,12,16). The molecule has 88 valence electrons. The van der Waals surface area contributed by atoms with E-state index in [0.29, 0.717) is 5.75 Å². The molecule has 2 rings (SSSR count). The summed E-state index contributed by atoms with van der Waals surface area (Å²) in [5.74, 6) is 0.458. The van der Waals surface area contributed by atoms with Gasteiger partial charge < -0.3 is 10.1 Å². The van der Waals surface area contributed by atoms with Crippen molar-refractivity contribution >= 4 is 5.91 Å². The van der Waals surface area contributed by atoms with Crippen LogP contribution in [-0.4, -0.2) is 34.3 Å². The fourth-order valence-corrected chi connectivity index (χ4v) is 1.29. The van der Waals surface area contributed by atoms with E-state index < -0.39 is 0 Å². The Kier molecular flexibility index (Phi) is 3.34. The van der Waals surface area contributed by atoms with Crippen molar-refractivity contribution in [2.75, 3.05) is 13.7 Å². The predicted octanol–water partition coefficient (Wildman–Crippen LogP) is 0.392. The van der Waals surface area contributed by atoms with E-state index in [4.69, 9.17) is 4.74 Å². The van der Waals surface area contributed by atoms with E-state index in [1.54, 1.807) is 30.3 Å². The lowest BCUT2D eigenvalue weighted by Crippen LogP contribution is -2.24. The Bertz CT molecular complexity index is 496. The third-order valence-electron chi connectivity index (χ3n) is 2.18. The van der Waals surface area contributed by atoms with Gasteiger partial charge in [-0.05, 0) is 12.1 Å². The second kappa shape index (κ2) is 5.11. The van der Waals surface area contributed by atoms with Crippen LogP contribution in [0, 0.1) is 0 Å².